The fraction of sp³-hybridized carbons (Fsp3) is 0.333. The van der Waals surface area contributed by atoms with E-state index in [4.69, 9.17) is 0 Å². The van der Waals surface area contributed by atoms with Gasteiger partial charge in [0.25, 0.3) is 0 Å². The van der Waals surface area contributed by atoms with Crippen molar-refractivity contribution in [3.8, 4) is 0 Å². The smallest absolute Gasteiger partial charge is 0.172 e. The highest BCUT2D eigenvalue weighted by Gasteiger charge is 2.29. The van der Waals surface area contributed by atoms with Crippen molar-refractivity contribution in [3.63, 3.8) is 0 Å². The first kappa shape index (κ1) is 13.0. The maximum atomic E-state index is 13.0. The number of fused-ring (bicyclic) bond motifs is 1. The van der Waals surface area contributed by atoms with Gasteiger partial charge >= 0.3 is 0 Å². The molecule has 0 N–H and O–H groups in total. The number of hydrogen-bond acceptors (Lipinski definition) is 2. The second-order valence-electron chi connectivity index (χ2n) is 5.62. The molecule has 0 spiro atoms. The number of nitrogens with zero attached hydrogens (tertiary/aromatic N) is 1. The van der Waals surface area contributed by atoms with Crippen LogP contribution in [0.3, 0.4) is 0 Å². The normalized spacial score (nSPS) is 17.6. The largest absolute Gasteiger partial charge is 0.293 e. The Hall–Kier alpha value is -1.96. The van der Waals surface area contributed by atoms with E-state index < -0.39 is 0 Å². The van der Waals surface area contributed by atoms with E-state index in [2.05, 4.69) is 11.1 Å². The monoisotopic (exact) mass is 265 g/mol. The molecule has 2 aromatic rings. The molecule has 0 saturated carbocycles. The van der Waals surface area contributed by atoms with Gasteiger partial charge in [0.1, 0.15) is 0 Å². The summed E-state index contributed by atoms with van der Waals surface area (Å²) < 4.78 is 0. The highest BCUT2D eigenvalue weighted by Crippen LogP contribution is 2.33. The molecular weight excluding hydrogens is 246 g/mol. The van der Waals surface area contributed by atoms with Gasteiger partial charge in [-0.2, -0.15) is 0 Å². The highest BCUT2D eigenvalue weighted by molar-refractivity contribution is 6.03. The molecule has 2 heteroatoms. The number of hydrogen-bond donors (Lipinski definition) is 0. The summed E-state index contributed by atoms with van der Waals surface area (Å²) in [7, 11) is 0. The number of aryl methyl sites for hydroxylation is 3. The third kappa shape index (κ3) is 2.15. The third-order valence-electron chi connectivity index (χ3n) is 4.24. The third-order valence-corrected chi connectivity index (χ3v) is 4.24. The number of benzene rings is 1. The average Bonchev–Trinajstić information content (AvgIpc) is 2.46. The molecule has 0 aliphatic heterocycles. The molecule has 1 aromatic heterocycles. The molecule has 2 nitrogen and oxygen atoms in total. The maximum absolute atomic E-state index is 13.0. The number of Topliss-reactive ketones (excluding diaryl/α,β-unsaturated/α-hetero) is 1. The minimum Gasteiger partial charge on any atom is -0.293 e. The van der Waals surface area contributed by atoms with Crippen molar-refractivity contribution >= 4 is 5.78 Å². The van der Waals surface area contributed by atoms with Crippen molar-refractivity contribution in [3.05, 3.63) is 64.5 Å². The Bertz CT molecular complexity index is 640. The average molecular weight is 265 g/mol. The highest BCUT2D eigenvalue weighted by atomic mass is 16.1. The first-order valence-corrected chi connectivity index (χ1v) is 7.22. The van der Waals surface area contributed by atoms with E-state index in [-0.39, 0.29) is 11.7 Å². The summed E-state index contributed by atoms with van der Waals surface area (Å²) >= 11 is 0. The van der Waals surface area contributed by atoms with Crippen molar-refractivity contribution in [2.24, 2.45) is 0 Å². The molecule has 0 bridgehead atoms. The van der Waals surface area contributed by atoms with Crippen LogP contribution >= 0.6 is 0 Å². The van der Waals surface area contributed by atoms with E-state index >= 15 is 0 Å². The molecular formula is C18H19NO. The van der Waals surface area contributed by atoms with E-state index in [0.29, 0.717) is 0 Å². The summed E-state index contributed by atoms with van der Waals surface area (Å²) in [6, 6.07) is 10.1. The zero-order valence-corrected chi connectivity index (χ0v) is 12.0. The van der Waals surface area contributed by atoms with E-state index in [1.54, 1.807) is 6.20 Å². The Morgan fingerprint density at radius 2 is 1.90 bits per heavy atom. The lowest BCUT2D eigenvalue weighted by Crippen LogP contribution is -2.21. The first-order valence-electron chi connectivity index (χ1n) is 7.22. The fourth-order valence-corrected chi connectivity index (χ4v) is 3.24. The van der Waals surface area contributed by atoms with Gasteiger partial charge in [0.05, 0.1) is 11.6 Å². The predicted molar refractivity (Wildman–Crippen MR) is 80.2 cm³/mol. The summed E-state index contributed by atoms with van der Waals surface area (Å²) in [6.07, 6.45) is 4.82. The van der Waals surface area contributed by atoms with Gasteiger partial charge in [-0.15, -0.1) is 0 Å². The molecule has 1 aliphatic carbocycles. The molecule has 1 aliphatic rings. The number of aromatic nitrogens is 1. The van der Waals surface area contributed by atoms with Gasteiger partial charge < -0.3 is 0 Å². The van der Waals surface area contributed by atoms with Crippen molar-refractivity contribution in [2.45, 2.75) is 39.0 Å². The van der Waals surface area contributed by atoms with Crippen LogP contribution in [-0.4, -0.2) is 10.8 Å². The van der Waals surface area contributed by atoms with Gasteiger partial charge in [-0.3, -0.25) is 9.78 Å². The minimum absolute atomic E-state index is 0.0697. The zero-order chi connectivity index (χ0) is 14.1. The molecule has 1 unspecified atom stereocenters. The van der Waals surface area contributed by atoms with Crippen LogP contribution in [0.15, 0.2) is 36.5 Å². The molecule has 0 saturated heterocycles. The van der Waals surface area contributed by atoms with Gasteiger partial charge in [-0.1, -0.05) is 24.3 Å². The minimum atomic E-state index is -0.0697. The summed E-state index contributed by atoms with van der Waals surface area (Å²) in [6.45, 7) is 4.03. The Morgan fingerprint density at radius 1 is 1.15 bits per heavy atom. The van der Waals surface area contributed by atoms with Gasteiger partial charge in [-0.05, 0) is 55.9 Å². The lowest BCUT2D eigenvalue weighted by atomic mass is 9.80. The second-order valence-corrected chi connectivity index (χ2v) is 5.62. The Kier molecular flexibility index (Phi) is 3.39. The summed E-state index contributed by atoms with van der Waals surface area (Å²) in [5.74, 6) is 0.167. The lowest BCUT2D eigenvalue weighted by molar-refractivity contribution is 0.0947. The molecule has 0 radical (unpaired) electrons. The van der Waals surface area contributed by atoms with Crippen LogP contribution in [0.5, 0.6) is 0 Å². The van der Waals surface area contributed by atoms with Gasteiger partial charge in [-0.25, -0.2) is 0 Å². The zero-order valence-electron chi connectivity index (χ0n) is 12.0. The molecule has 3 rings (SSSR count). The van der Waals surface area contributed by atoms with Gasteiger partial charge in [0.15, 0.2) is 5.78 Å². The van der Waals surface area contributed by atoms with E-state index in [9.17, 15) is 4.79 Å². The van der Waals surface area contributed by atoms with Crippen LogP contribution in [0.4, 0.5) is 0 Å². The number of carbonyl (C=O) groups is 1. The number of carbonyl (C=O) groups excluding carboxylic acids is 1. The SMILES string of the molecule is Cc1cccc(C)c1C(=O)C1CCCc2cccnc21. The van der Waals surface area contributed by atoms with Gasteiger partial charge in [0.2, 0.25) is 0 Å². The molecule has 102 valence electrons. The van der Waals surface area contributed by atoms with E-state index in [1.165, 1.54) is 5.56 Å². The number of pyridine rings is 1. The van der Waals surface area contributed by atoms with Crippen molar-refractivity contribution in [2.75, 3.05) is 0 Å². The van der Waals surface area contributed by atoms with Crippen molar-refractivity contribution in [1.82, 2.24) is 4.98 Å². The van der Waals surface area contributed by atoms with Crippen LogP contribution < -0.4 is 0 Å². The van der Waals surface area contributed by atoms with E-state index in [0.717, 1.165) is 41.6 Å². The molecule has 1 aromatic carbocycles. The van der Waals surface area contributed by atoms with Crippen LogP contribution in [0.1, 0.15) is 51.5 Å². The molecule has 0 fully saturated rings. The summed E-state index contributed by atoms with van der Waals surface area (Å²) in [5, 5.41) is 0. The standard InChI is InChI=1S/C18H19NO/c1-12-6-3-7-13(2)16(12)18(20)15-10-4-8-14-9-5-11-19-17(14)15/h3,5-7,9,11,15H,4,8,10H2,1-2H3. The lowest BCUT2D eigenvalue weighted by Gasteiger charge is -2.24. The molecule has 1 heterocycles. The summed E-state index contributed by atoms with van der Waals surface area (Å²) in [4.78, 5) is 17.4. The number of rotatable bonds is 2. The molecule has 0 amide bonds. The van der Waals surface area contributed by atoms with Crippen molar-refractivity contribution in [1.29, 1.82) is 0 Å². The van der Waals surface area contributed by atoms with Crippen LogP contribution in [-0.2, 0) is 6.42 Å². The Labute approximate surface area is 119 Å². The van der Waals surface area contributed by atoms with Crippen LogP contribution in [0, 0.1) is 13.8 Å². The van der Waals surface area contributed by atoms with Gasteiger partial charge in [0, 0.05) is 11.8 Å². The Balaban J connectivity index is 2.05. The van der Waals surface area contributed by atoms with Crippen LogP contribution in [0.25, 0.3) is 0 Å². The molecule has 20 heavy (non-hydrogen) atoms. The molecule has 1 atom stereocenters. The Morgan fingerprint density at radius 3 is 2.65 bits per heavy atom. The topological polar surface area (TPSA) is 30.0 Å². The second kappa shape index (κ2) is 5.20. The maximum Gasteiger partial charge on any atom is 0.172 e. The first-order chi connectivity index (χ1) is 9.68. The fourth-order valence-electron chi connectivity index (χ4n) is 3.24. The predicted octanol–water partition coefficient (Wildman–Crippen LogP) is 4.00. The van der Waals surface area contributed by atoms with E-state index in [1.807, 2.05) is 38.1 Å². The van der Waals surface area contributed by atoms with Crippen LogP contribution in [0.2, 0.25) is 0 Å². The van der Waals surface area contributed by atoms with Crippen molar-refractivity contribution < 1.29 is 4.79 Å². The summed E-state index contributed by atoms with van der Waals surface area (Å²) in [5.41, 5.74) is 5.25. The number of ketones is 1. The quantitative estimate of drug-likeness (QED) is 0.768.